The van der Waals surface area contributed by atoms with Crippen molar-refractivity contribution in [2.45, 2.75) is 45.1 Å². The Hall–Kier alpha value is -1.35. The van der Waals surface area contributed by atoms with E-state index in [1.807, 2.05) is 6.07 Å². The van der Waals surface area contributed by atoms with Crippen molar-refractivity contribution in [3.8, 4) is 0 Å². The highest BCUT2D eigenvalue weighted by Gasteiger charge is 2.36. The van der Waals surface area contributed by atoms with Gasteiger partial charge in [-0.15, -0.1) is 0 Å². The van der Waals surface area contributed by atoms with Gasteiger partial charge in [0.2, 0.25) is 5.91 Å². The van der Waals surface area contributed by atoms with Crippen molar-refractivity contribution >= 4 is 5.91 Å². The minimum absolute atomic E-state index is 0.123. The van der Waals surface area contributed by atoms with E-state index in [0.29, 0.717) is 17.9 Å². The van der Waals surface area contributed by atoms with Gasteiger partial charge in [0, 0.05) is 19.1 Å². The molecule has 1 aromatic rings. The molecule has 114 valence electrons. The molecule has 0 bridgehead atoms. The zero-order valence-electron chi connectivity index (χ0n) is 13.1. The van der Waals surface area contributed by atoms with Crippen LogP contribution in [0, 0.1) is 5.92 Å². The molecule has 3 rings (SSSR count). The molecule has 1 heterocycles. The van der Waals surface area contributed by atoms with E-state index < -0.39 is 0 Å². The molecule has 2 unspecified atom stereocenters. The van der Waals surface area contributed by atoms with Crippen molar-refractivity contribution in [1.29, 1.82) is 0 Å². The molecule has 0 aromatic heterocycles. The first-order chi connectivity index (χ1) is 10.1. The molecule has 1 amide bonds. The highest BCUT2D eigenvalue weighted by Crippen LogP contribution is 2.36. The molecule has 1 saturated heterocycles. The number of fused-ring (bicyclic) bond motifs is 1. The first-order valence-corrected chi connectivity index (χ1v) is 8.25. The lowest BCUT2D eigenvalue weighted by molar-refractivity contribution is -0.135. The minimum atomic E-state index is 0.123. The van der Waals surface area contributed by atoms with Gasteiger partial charge in [0.15, 0.2) is 0 Å². The number of benzene rings is 1. The standard InChI is InChI=1S/C18H26N2O/c1-13(2)19-11-14-6-5-9-20(12-14)18(21)17-10-15-7-3-4-8-16(15)17/h3-4,7-8,13-14,17,19H,5-6,9-12H2,1-2H3. The predicted octanol–water partition coefficient (Wildman–Crippen LogP) is 2.56. The summed E-state index contributed by atoms with van der Waals surface area (Å²) >= 11 is 0. The molecule has 1 aromatic carbocycles. The number of likely N-dealkylation sites (tertiary alicyclic amines) is 1. The van der Waals surface area contributed by atoms with Gasteiger partial charge in [-0.3, -0.25) is 4.79 Å². The van der Waals surface area contributed by atoms with Crippen LogP contribution in [0.25, 0.3) is 0 Å². The van der Waals surface area contributed by atoms with Crippen LogP contribution in [0.4, 0.5) is 0 Å². The summed E-state index contributed by atoms with van der Waals surface area (Å²) in [6.45, 7) is 7.25. The fraction of sp³-hybridized carbons (Fsp3) is 0.611. The van der Waals surface area contributed by atoms with Gasteiger partial charge in [-0.2, -0.15) is 0 Å². The number of piperidine rings is 1. The van der Waals surface area contributed by atoms with E-state index in [-0.39, 0.29) is 5.92 Å². The average molecular weight is 286 g/mol. The molecule has 0 saturated carbocycles. The summed E-state index contributed by atoms with van der Waals surface area (Å²) in [5.41, 5.74) is 2.61. The summed E-state index contributed by atoms with van der Waals surface area (Å²) in [5.74, 6) is 1.08. The average Bonchev–Trinajstić information content (AvgIpc) is 2.46. The number of hydrogen-bond acceptors (Lipinski definition) is 2. The quantitative estimate of drug-likeness (QED) is 0.922. The minimum Gasteiger partial charge on any atom is -0.342 e. The van der Waals surface area contributed by atoms with Gasteiger partial charge in [0.25, 0.3) is 0 Å². The van der Waals surface area contributed by atoms with Crippen molar-refractivity contribution in [3.63, 3.8) is 0 Å². The lowest BCUT2D eigenvalue weighted by Gasteiger charge is -2.38. The van der Waals surface area contributed by atoms with E-state index >= 15 is 0 Å². The second-order valence-corrected chi connectivity index (χ2v) is 6.81. The molecule has 1 fully saturated rings. The summed E-state index contributed by atoms with van der Waals surface area (Å²) in [4.78, 5) is 14.8. The van der Waals surface area contributed by atoms with Crippen LogP contribution >= 0.6 is 0 Å². The molecular weight excluding hydrogens is 260 g/mol. The van der Waals surface area contributed by atoms with E-state index in [1.54, 1.807) is 0 Å². The summed E-state index contributed by atoms with van der Waals surface area (Å²) < 4.78 is 0. The first-order valence-electron chi connectivity index (χ1n) is 8.25. The monoisotopic (exact) mass is 286 g/mol. The van der Waals surface area contributed by atoms with E-state index in [9.17, 15) is 4.79 Å². The molecule has 1 aliphatic carbocycles. The molecule has 21 heavy (non-hydrogen) atoms. The molecule has 3 nitrogen and oxygen atoms in total. The largest absolute Gasteiger partial charge is 0.342 e. The van der Waals surface area contributed by atoms with E-state index in [2.05, 4.69) is 42.3 Å². The van der Waals surface area contributed by atoms with Crippen molar-refractivity contribution in [2.24, 2.45) is 5.92 Å². The highest BCUT2D eigenvalue weighted by atomic mass is 16.2. The second-order valence-electron chi connectivity index (χ2n) is 6.81. The van der Waals surface area contributed by atoms with E-state index in [0.717, 1.165) is 32.5 Å². The van der Waals surface area contributed by atoms with Crippen LogP contribution in [0.1, 0.15) is 43.7 Å². The summed E-state index contributed by atoms with van der Waals surface area (Å²) in [6, 6.07) is 8.89. The van der Waals surface area contributed by atoms with Gasteiger partial charge in [-0.1, -0.05) is 38.1 Å². The summed E-state index contributed by atoms with van der Waals surface area (Å²) in [5, 5.41) is 3.51. The van der Waals surface area contributed by atoms with Crippen molar-refractivity contribution < 1.29 is 4.79 Å². The first kappa shape index (κ1) is 14.6. The number of nitrogens with one attached hydrogen (secondary N) is 1. The van der Waals surface area contributed by atoms with Crippen molar-refractivity contribution in [1.82, 2.24) is 10.2 Å². The van der Waals surface area contributed by atoms with E-state index in [4.69, 9.17) is 0 Å². The Kier molecular flexibility index (Phi) is 4.29. The molecular formula is C18H26N2O. The summed E-state index contributed by atoms with van der Waals surface area (Å²) in [6.07, 6.45) is 3.32. The molecule has 2 aliphatic rings. The number of hydrogen-bond donors (Lipinski definition) is 1. The van der Waals surface area contributed by atoms with Crippen LogP contribution in [-0.4, -0.2) is 36.5 Å². The summed E-state index contributed by atoms with van der Waals surface area (Å²) in [7, 11) is 0. The third-order valence-corrected chi connectivity index (χ3v) is 4.80. The Labute approximate surface area is 127 Å². The zero-order valence-corrected chi connectivity index (χ0v) is 13.1. The van der Waals surface area contributed by atoms with Crippen LogP contribution < -0.4 is 5.32 Å². The molecule has 1 aliphatic heterocycles. The number of nitrogens with zero attached hydrogens (tertiary/aromatic N) is 1. The van der Waals surface area contributed by atoms with Crippen LogP contribution in [-0.2, 0) is 11.2 Å². The normalized spacial score (nSPS) is 24.6. The topological polar surface area (TPSA) is 32.3 Å². The third-order valence-electron chi connectivity index (χ3n) is 4.80. The zero-order chi connectivity index (χ0) is 14.8. The second kappa shape index (κ2) is 6.18. The van der Waals surface area contributed by atoms with Gasteiger partial charge in [0.1, 0.15) is 0 Å². The SMILES string of the molecule is CC(C)NCC1CCCN(C(=O)C2Cc3ccccc32)C1. The predicted molar refractivity (Wildman–Crippen MR) is 85.3 cm³/mol. The van der Waals surface area contributed by atoms with Gasteiger partial charge in [-0.25, -0.2) is 0 Å². The van der Waals surface area contributed by atoms with Crippen LogP contribution in [0.2, 0.25) is 0 Å². The molecule has 3 heteroatoms. The van der Waals surface area contributed by atoms with Crippen LogP contribution in [0.15, 0.2) is 24.3 Å². The number of amides is 1. The Balaban J connectivity index is 1.58. The van der Waals surface area contributed by atoms with Gasteiger partial charge in [-0.05, 0) is 42.9 Å². The number of carbonyl (C=O) groups excluding carboxylic acids is 1. The van der Waals surface area contributed by atoms with Gasteiger partial charge in [0.05, 0.1) is 5.92 Å². The maximum absolute atomic E-state index is 12.7. The molecule has 0 radical (unpaired) electrons. The molecule has 0 spiro atoms. The Morgan fingerprint density at radius 3 is 2.95 bits per heavy atom. The van der Waals surface area contributed by atoms with Crippen molar-refractivity contribution in [3.05, 3.63) is 35.4 Å². The van der Waals surface area contributed by atoms with Crippen molar-refractivity contribution in [2.75, 3.05) is 19.6 Å². The molecule has 2 atom stereocenters. The van der Waals surface area contributed by atoms with Gasteiger partial charge >= 0.3 is 0 Å². The maximum atomic E-state index is 12.7. The number of rotatable bonds is 4. The van der Waals surface area contributed by atoms with Crippen LogP contribution in [0.3, 0.4) is 0 Å². The lowest BCUT2D eigenvalue weighted by atomic mass is 9.76. The lowest BCUT2D eigenvalue weighted by Crippen LogP contribution is -2.47. The third kappa shape index (κ3) is 3.13. The fourth-order valence-corrected chi connectivity index (χ4v) is 3.53. The molecule has 1 N–H and O–H groups in total. The Morgan fingerprint density at radius 2 is 2.19 bits per heavy atom. The fourth-order valence-electron chi connectivity index (χ4n) is 3.53. The number of carbonyl (C=O) groups is 1. The van der Waals surface area contributed by atoms with Crippen LogP contribution in [0.5, 0.6) is 0 Å². The Morgan fingerprint density at radius 1 is 1.38 bits per heavy atom. The van der Waals surface area contributed by atoms with Gasteiger partial charge < -0.3 is 10.2 Å². The Bertz CT molecular complexity index is 512. The highest BCUT2D eigenvalue weighted by molar-refractivity contribution is 5.87. The smallest absolute Gasteiger partial charge is 0.230 e. The maximum Gasteiger partial charge on any atom is 0.230 e. The van der Waals surface area contributed by atoms with E-state index in [1.165, 1.54) is 17.5 Å².